The topological polar surface area (TPSA) is 54.9 Å². The van der Waals surface area contributed by atoms with Crippen LogP contribution in [0.25, 0.3) is 22.2 Å². The number of aryl methyl sites for hydroxylation is 1. The van der Waals surface area contributed by atoms with Gasteiger partial charge in [0, 0.05) is 23.3 Å². The van der Waals surface area contributed by atoms with E-state index >= 15 is 0 Å². The van der Waals surface area contributed by atoms with E-state index in [4.69, 9.17) is 4.98 Å². The molecule has 0 aliphatic carbocycles. The summed E-state index contributed by atoms with van der Waals surface area (Å²) in [4.78, 5) is 23.1. The molecule has 4 nitrogen and oxygen atoms in total. The molecule has 0 saturated heterocycles. The van der Waals surface area contributed by atoms with E-state index in [9.17, 15) is 4.79 Å². The lowest BCUT2D eigenvalue weighted by atomic mass is 9.92. The third-order valence-electron chi connectivity index (χ3n) is 6.56. The van der Waals surface area contributed by atoms with E-state index in [2.05, 4.69) is 22.4 Å². The average molecular weight is 472 g/mol. The van der Waals surface area contributed by atoms with Crippen LogP contribution in [0.2, 0.25) is 0 Å². The van der Waals surface area contributed by atoms with Crippen LogP contribution in [0.3, 0.4) is 0 Å². The zero-order chi connectivity index (χ0) is 24.7. The van der Waals surface area contributed by atoms with Crippen molar-refractivity contribution in [2.45, 2.75) is 32.2 Å². The van der Waals surface area contributed by atoms with Crippen LogP contribution in [0, 0.1) is 0 Å². The maximum Gasteiger partial charge on any atom is 0.252 e. The summed E-state index contributed by atoms with van der Waals surface area (Å²) in [6.45, 7) is 2.03. The first-order chi connectivity index (χ1) is 17.7. The average Bonchev–Trinajstić information content (AvgIpc) is 2.94. The van der Waals surface area contributed by atoms with Gasteiger partial charge in [-0.3, -0.25) is 9.78 Å². The van der Waals surface area contributed by atoms with Crippen molar-refractivity contribution in [1.29, 1.82) is 0 Å². The summed E-state index contributed by atoms with van der Waals surface area (Å²) in [5.74, 6) is -0.0685. The van der Waals surface area contributed by atoms with Gasteiger partial charge in [0.1, 0.15) is 0 Å². The standard InChI is InChI=1S/C32H29N3O/c1-23(25-12-4-2-5-13-25)34-32(36)30-27-16-8-9-18-29(27)35-31(26-14-6-3-7-15-26)28(30)17-10-11-24-19-21-33-22-20-24/h2-9,12-16,18-23H,10-11,17H2,1H3,(H,34,36). The Balaban J connectivity index is 1.58. The fourth-order valence-electron chi connectivity index (χ4n) is 4.70. The summed E-state index contributed by atoms with van der Waals surface area (Å²) < 4.78 is 0. The van der Waals surface area contributed by atoms with Crippen molar-refractivity contribution >= 4 is 16.8 Å². The molecular formula is C32H29N3O. The molecule has 0 aliphatic heterocycles. The Morgan fingerprint density at radius 3 is 2.22 bits per heavy atom. The molecule has 0 spiro atoms. The van der Waals surface area contributed by atoms with Gasteiger partial charge in [-0.1, -0.05) is 78.9 Å². The van der Waals surface area contributed by atoms with Gasteiger partial charge in [0.25, 0.3) is 5.91 Å². The van der Waals surface area contributed by atoms with Crippen LogP contribution in [0.15, 0.2) is 109 Å². The maximum atomic E-state index is 13.9. The number of para-hydroxylation sites is 1. The lowest BCUT2D eigenvalue weighted by Crippen LogP contribution is -2.28. The lowest BCUT2D eigenvalue weighted by molar-refractivity contribution is 0.0940. The molecule has 0 radical (unpaired) electrons. The van der Waals surface area contributed by atoms with Gasteiger partial charge in [-0.15, -0.1) is 0 Å². The van der Waals surface area contributed by atoms with E-state index in [1.807, 2.05) is 104 Å². The van der Waals surface area contributed by atoms with Crippen LogP contribution in [0.5, 0.6) is 0 Å². The minimum absolute atomic E-state index is 0.0685. The Kier molecular flexibility index (Phi) is 7.13. The van der Waals surface area contributed by atoms with Crippen molar-refractivity contribution in [3.05, 3.63) is 132 Å². The van der Waals surface area contributed by atoms with Gasteiger partial charge in [-0.2, -0.15) is 0 Å². The van der Waals surface area contributed by atoms with Crippen LogP contribution in [-0.4, -0.2) is 15.9 Å². The van der Waals surface area contributed by atoms with Gasteiger partial charge < -0.3 is 5.32 Å². The Morgan fingerprint density at radius 1 is 0.806 bits per heavy atom. The third kappa shape index (κ3) is 5.18. The van der Waals surface area contributed by atoms with E-state index in [0.717, 1.165) is 58.1 Å². The molecule has 0 saturated carbocycles. The molecule has 178 valence electrons. The summed E-state index contributed by atoms with van der Waals surface area (Å²) in [5, 5.41) is 4.14. The molecule has 0 aliphatic rings. The molecule has 3 aromatic carbocycles. The van der Waals surface area contributed by atoms with Crippen molar-refractivity contribution < 1.29 is 4.79 Å². The highest BCUT2D eigenvalue weighted by Crippen LogP contribution is 2.32. The molecule has 5 aromatic rings. The van der Waals surface area contributed by atoms with Gasteiger partial charge in [0.05, 0.1) is 22.8 Å². The largest absolute Gasteiger partial charge is 0.345 e. The van der Waals surface area contributed by atoms with E-state index in [0.29, 0.717) is 0 Å². The molecule has 5 rings (SSSR count). The molecule has 2 heterocycles. The highest BCUT2D eigenvalue weighted by molar-refractivity contribution is 6.09. The molecule has 4 heteroatoms. The van der Waals surface area contributed by atoms with Crippen molar-refractivity contribution in [1.82, 2.24) is 15.3 Å². The third-order valence-corrected chi connectivity index (χ3v) is 6.56. The molecular weight excluding hydrogens is 442 g/mol. The fourth-order valence-corrected chi connectivity index (χ4v) is 4.70. The summed E-state index contributed by atoms with van der Waals surface area (Å²) in [7, 11) is 0. The second-order valence-corrected chi connectivity index (χ2v) is 9.01. The lowest BCUT2D eigenvalue weighted by Gasteiger charge is -2.20. The van der Waals surface area contributed by atoms with Crippen LogP contribution in [0.4, 0.5) is 0 Å². The Hall–Kier alpha value is -4.31. The molecule has 0 fully saturated rings. The summed E-state index contributed by atoms with van der Waals surface area (Å²) >= 11 is 0. The van der Waals surface area contributed by atoms with Gasteiger partial charge in [0.15, 0.2) is 0 Å². The zero-order valence-electron chi connectivity index (χ0n) is 20.4. The number of rotatable bonds is 8. The quantitative estimate of drug-likeness (QED) is 0.266. The fraction of sp³-hybridized carbons (Fsp3) is 0.156. The highest BCUT2D eigenvalue weighted by atomic mass is 16.1. The van der Waals surface area contributed by atoms with Crippen LogP contribution >= 0.6 is 0 Å². The molecule has 1 amide bonds. The number of aromatic nitrogens is 2. The SMILES string of the molecule is CC(NC(=O)c1c(CCCc2ccncc2)c(-c2ccccc2)nc2ccccc12)c1ccccc1. The normalized spacial score (nSPS) is 11.8. The van der Waals surface area contributed by atoms with Crippen molar-refractivity contribution in [2.24, 2.45) is 0 Å². The molecule has 1 atom stereocenters. The Morgan fingerprint density at radius 2 is 1.47 bits per heavy atom. The molecule has 0 bridgehead atoms. The molecule has 1 unspecified atom stereocenters. The summed E-state index contributed by atoms with van der Waals surface area (Å²) in [6, 6.07) is 32.2. The number of benzene rings is 3. The number of fused-ring (bicyclic) bond motifs is 1. The second kappa shape index (κ2) is 11.0. The van der Waals surface area contributed by atoms with E-state index in [1.165, 1.54) is 5.56 Å². The van der Waals surface area contributed by atoms with Crippen LogP contribution in [-0.2, 0) is 12.8 Å². The first kappa shape index (κ1) is 23.4. The molecule has 2 aromatic heterocycles. The van der Waals surface area contributed by atoms with Crippen LogP contribution < -0.4 is 5.32 Å². The number of pyridine rings is 2. The smallest absolute Gasteiger partial charge is 0.252 e. The predicted octanol–water partition coefficient (Wildman–Crippen LogP) is 6.96. The van der Waals surface area contributed by atoms with Gasteiger partial charge in [0.2, 0.25) is 0 Å². The van der Waals surface area contributed by atoms with Crippen molar-refractivity contribution in [2.75, 3.05) is 0 Å². The number of nitrogens with zero attached hydrogens (tertiary/aromatic N) is 2. The maximum absolute atomic E-state index is 13.9. The molecule has 1 N–H and O–H groups in total. The van der Waals surface area contributed by atoms with E-state index < -0.39 is 0 Å². The second-order valence-electron chi connectivity index (χ2n) is 9.01. The number of carbonyl (C=O) groups is 1. The zero-order valence-corrected chi connectivity index (χ0v) is 20.4. The summed E-state index contributed by atoms with van der Waals surface area (Å²) in [5.41, 5.74) is 6.75. The van der Waals surface area contributed by atoms with Gasteiger partial charge in [-0.05, 0) is 61.1 Å². The van der Waals surface area contributed by atoms with Crippen molar-refractivity contribution in [3.8, 4) is 11.3 Å². The first-order valence-electron chi connectivity index (χ1n) is 12.4. The predicted molar refractivity (Wildman–Crippen MR) is 146 cm³/mol. The monoisotopic (exact) mass is 471 g/mol. The number of carbonyl (C=O) groups excluding carboxylic acids is 1. The van der Waals surface area contributed by atoms with E-state index in [1.54, 1.807) is 0 Å². The first-order valence-corrected chi connectivity index (χ1v) is 12.4. The van der Waals surface area contributed by atoms with Crippen molar-refractivity contribution in [3.63, 3.8) is 0 Å². The van der Waals surface area contributed by atoms with Gasteiger partial charge in [-0.25, -0.2) is 4.98 Å². The Labute approximate surface area is 212 Å². The summed E-state index contributed by atoms with van der Waals surface area (Å²) in [6.07, 6.45) is 6.20. The van der Waals surface area contributed by atoms with E-state index in [-0.39, 0.29) is 11.9 Å². The van der Waals surface area contributed by atoms with Gasteiger partial charge >= 0.3 is 0 Å². The minimum atomic E-state index is -0.115. The number of amides is 1. The number of hydrogen-bond acceptors (Lipinski definition) is 3. The minimum Gasteiger partial charge on any atom is -0.345 e. The Bertz CT molecular complexity index is 1450. The number of nitrogens with one attached hydrogen (secondary N) is 1. The number of hydrogen-bond donors (Lipinski definition) is 1. The van der Waals surface area contributed by atoms with Crippen LogP contribution in [0.1, 0.15) is 46.4 Å². The molecule has 36 heavy (non-hydrogen) atoms. The highest BCUT2D eigenvalue weighted by Gasteiger charge is 2.22.